The van der Waals surface area contributed by atoms with Gasteiger partial charge in [0.25, 0.3) is 5.56 Å². The molecule has 2 N–H and O–H groups in total. The third-order valence-electron chi connectivity index (χ3n) is 4.24. The standard InChI is InChI=1S/C19H28N4O6S/c1-12-15-17(25)21-13(10-23(2)11-14(24)20-6-5-7-27-3)22-18(15)30-16(12)19(26)29-9-8-28-4/h5-11H2,1-4H3,(H,20,24)(H,21,22,25). The summed E-state index contributed by atoms with van der Waals surface area (Å²) in [5, 5.41) is 3.18. The van der Waals surface area contributed by atoms with E-state index >= 15 is 0 Å². The van der Waals surface area contributed by atoms with Crippen molar-refractivity contribution in [1.82, 2.24) is 20.2 Å². The van der Waals surface area contributed by atoms with Crippen LogP contribution in [0.3, 0.4) is 0 Å². The fourth-order valence-corrected chi connectivity index (χ4v) is 3.89. The van der Waals surface area contributed by atoms with Gasteiger partial charge in [-0.15, -0.1) is 11.3 Å². The highest BCUT2D eigenvalue weighted by atomic mass is 32.1. The summed E-state index contributed by atoms with van der Waals surface area (Å²) in [6.45, 7) is 3.70. The molecule has 0 saturated heterocycles. The summed E-state index contributed by atoms with van der Waals surface area (Å²) in [7, 11) is 4.89. The summed E-state index contributed by atoms with van der Waals surface area (Å²) in [5.41, 5.74) is 0.221. The minimum absolute atomic E-state index is 0.120. The number of aromatic amines is 1. The number of carbonyl (C=O) groups is 2. The van der Waals surface area contributed by atoms with E-state index in [4.69, 9.17) is 14.2 Å². The van der Waals surface area contributed by atoms with Gasteiger partial charge in [-0.25, -0.2) is 9.78 Å². The number of amides is 1. The normalized spacial score (nSPS) is 11.2. The molecule has 2 rings (SSSR count). The Morgan fingerprint density at radius 3 is 2.63 bits per heavy atom. The maximum Gasteiger partial charge on any atom is 0.348 e. The van der Waals surface area contributed by atoms with Crippen molar-refractivity contribution in [3.8, 4) is 0 Å². The topological polar surface area (TPSA) is 123 Å². The zero-order valence-corrected chi connectivity index (χ0v) is 18.5. The first kappa shape index (κ1) is 23.9. The van der Waals surface area contributed by atoms with Crippen molar-refractivity contribution in [3.63, 3.8) is 0 Å². The molecule has 2 aromatic heterocycles. The summed E-state index contributed by atoms with van der Waals surface area (Å²) in [6.07, 6.45) is 0.742. The number of rotatable bonds is 12. The minimum atomic E-state index is -0.504. The Bertz CT molecular complexity index is 926. The van der Waals surface area contributed by atoms with E-state index in [9.17, 15) is 14.4 Å². The third kappa shape index (κ3) is 6.59. The van der Waals surface area contributed by atoms with Gasteiger partial charge in [0.05, 0.1) is 25.1 Å². The fraction of sp³-hybridized carbons (Fsp3) is 0.579. The second-order valence-corrected chi connectivity index (χ2v) is 7.75. The molecule has 0 aromatic carbocycles. The number of likely N-dealkylation sites (N-methyl/N-ethyl adjacent to an activating group) is 1. The van der Waals surface area contributed by atoms with E-state index in [1.807, 2.05) is 0 Å². The van der Waals surface area contributed by atoms with E-state index in [2.05, 4.69) is 15.3 Å². The lowest BCUT2D eigenvalue weighted by Gasteiger charge is -2.15. The third-order valence-corrected chi connectivity index (χ3v) is 5.40. The van der Waals surface area contributed by atoms with Crippen LogP contribution in [0, 0.1) is 6.92 Å². The van der Waals surface area contributed by atoms with Crippen LogP contribution < -0.4 is 10.9 Å². The van der Waals surface area contributed by atoms with Crippen molar-refractivity contribution in [2.24, 2.45) is 0 Å². The van der Waals surface area contributed by atoms with E-state index in [1.165, 1.54) is 7.11 Å². The molecule has 0 bridgehead atoms. The molecule has 1 amide bonds. The molecular weight excluding hydrogens is 412 g/mol. The number of fused-ring (bicyclic) bond motifs is 1. The molecule has 0 spiro atoms. The van der Waals surface area contributed by atoms with Gasteiger partial charge in [0.15, 0.2) is 0 Å². The smallest absolute Gasteiger partial charge is 0.348 e. The molecule has 166 valence electrons. The summed E-state index contributed by atoms with van der Waals surface area (Å²) in [4.78, 5) is 46.6. The molecule has 0 aliphatic heterocycles. The lowest BCUT2D eigenvalue weighted by molar-refractivity contribution is -0.122. The highest BCUT2D eigenvalue weighted by molar-refractivity contribution is 7.20. The van der Waals surface area contributed by atoms with Crippen molar-refractivity contribution >= 4 is 33.4 Å². The van der Waals surface area contributed by atoms with Crippen LogP contribution in [0.25, 0.3) is 10.2 Å². The summed E-state index contributed by atoms with van der Waals surface area (Å²) in [6, 6.07) is 0. The summed E-state index contributed by atoms with van der Waals surface area (Å²) < 4.78 is 15.0. The number of H-pyrrole nitrogens is 1. The predicted molar refractivity (Wildman–Crippen MR) is 113 cm³/mol. The Balaban J connectivity index is 2.06. The average molecular weight is 441 g/mol. The van der Waals surface area contributed by atoms with Gasteiger partial charge in [-0.2, -0.15) is 0 Å². The van der Waals surface area contributed by atoms with Gasteiger partial charge in [0.2, 0.25) is 5.91 Å². The molecule has 0 aliphatic rings. The first-order valence-electron chi connectivity index (χ1n) is 9.49. The predicted octanol–water partition coefficient (Wildman–Crippen LogP) is 0.681. The van der Waals surface area contributed by atoms with Crippen molar-refractivity contribution in [1.29, 1.82) is 0 Å². The summed E-state index contributed by atoms with van der Waals surface area (Å²) >= 11 is 1.12. The number of methoxy groups -OCH3 is 2. The number of ether oxygens (including phenoxy) is 3. The molecule has 2 aromatic rings. The van der Waals surface area contributed by atoms with Gasteiger partial charge in [-0.3, -0.25) is 14.5 Å². The molecule has 0 radical (unpaired) electrons. The van der Waals surface area contributed by atoms with Crippen LogP contribution in [0.2, 0.25) is 0 Å². The number of aromatic nitrogens is 2. The number of hydrogen-bond acceptors (Lipinski definition) is 9. The molecule has 0 atom stereocenters. The Morgan fingerprint density at radius 1 is 1.20 bits per heavy atom. The zero-order chi connectivity index (χ0) is 22.1. The number of hydrogen-bond donors (Lipinski definition) is 2. The van der Waals surface area contributed by atoms with Gasteiger partial charge >= 0.3 is 5.97 Å². The van der Waals surface area contributed by atoms with E-state index < -0.39 is 5.97 Å². The number of thiophene rings is 1. The highest BCUT2D eigenvalue weighted by Gasteiger charge is 2.21. The second-order valence-electron chi connectivity index (χ2n) is 6.75. The van der Waals surface area contributed by atoms with Crippen LogP contribution in [-0.2, 0) is 25.5 Å². The maximum atomic E-state index is 12.6. The van der Waals surface area contributed by atoms with Crippen molar-refractivity contribution in [2.75, 3.05) is 54.2 Å². The molecule has 0 fully saturated rings. The van der Waals surface area contributed by atoms with E-state index in [0.717, 1.165) is 17.8 Å². The van der Waals surface area contributed by atoms with Crippen molar-refractivity contribution < 1.29 is 23.8 Å². The van der Waals surface area contributed by atoms with Crippen LogP contribution >= 0.6 is 11.3 Å². The van der Waals surface area contributed by atoms with Crippen LogP contribution in [0.15, 0.2) is 4.79 Å². The average Bonchev–Trinajstić information content (AvgIpc) is 3.02. The van der Waals surface area contributed by atoms with Gasteiger partial charge in [-0.1, -0.05) is 0 Å². The minimum Gasteiger partial charge on any atom is -0.459 e. The SMILES string of the molecule is COCCCNC(=O)CN(C)Cc1nc2sc(C(=O)OCCOC)c(C)c2c(=O)[nH]1. The van der Waals surface area contributed by atoms with Crippen LogP contribution in [0.4, 0.5) is 0 Å². The van der Waals surface area contributed by atoms with Crippen LogP contribution in [0.5, 0.6) is 0 Å². The van der Waals surface area contributed by atoms with Gasteiger partial charge in [0.1, 0.15) is 22.1 Å². The first-order valence-corrected chi connectivity index (χ1v) is 10.3. The highest BCUT2D eigenvalue weighted by Crippen LogP contribution is 2.27. The Labute approximate surface area is 178 Å². The molecule has 2 heterocycles. The summed E-state index contributed by atoms with van der Waals surface area (Å²) in [5.74, 6) is -0.205. The van der Waals surface area contributed by atoms with Crippen LogP contribution in [0.1, 0.15) is 27.5 Å². The molecule has 0 unspecified atom stereocenters. The van der Waals surface area contributed by atoms with Crippen LogP contribution in [-0.4, -0.2) is 80.9 Å². The van der Waals surface area contributed by atoms with Crippen molar-refractivity contribution in [2.45, 2.75) is 19.9 Å². The number of aryl methyl sites for hydroxylation is 1. The molecule has 0 saturated carbocycles. The van der Waals surface area contributed by atoms with Gasteiger partial charge in [0, 0.05) is 27.4 Å². The molecule has 0 aliphatic carbocycles. The zero-order valence-electron chi connectivity index (χ0n) is 17.7. The second kappa shape index (κ2) is 11.7. The first-order chi connectivity index (χ1) is 14.4. The van der Waals surface area contributed by atoms with Gasteiger partial charge in [-0.05, 0) is 26.0 Å². The number of nitrogens with one attached hydrogen (secondary N) is 2. The Hall–Kier alpha value is -2.34. The Morgan fingerprint density at radius 2 is 1.93 bits per heavy atom. The largest absolute Gasteiger partial charge is 0.459 e. The number of nitrogens with zero attached hydrogens (tertiary/aromatic N) is 2. The maximum absolute atomic E-state index is 12.6. The van der Waals surface area contributed by atoms with E-state index in [1.54, 1.807) is 26.0 Å². The van der Waals surface area contributed by atoms with Crippen molar-refractivity contribution in [3.05, 3.63) is 26.6 Å². The van der Waals surface area contributed by atoms with Gasteiger partial charge < -0.3 is 24.5 Å². The fourth-order valence-electron chi connectivity index (χ4n) is 2.80. The lowest BCUT2D eigenvalue weighted by atomic mass is 10.2. The molecule has 10 nitrogen and oxygen atoms in total. The molecule has 30 heavy (non-hydrogen) atoms. The quantitative estimate of drug-likeness (QED) is 0.365. The van der Waals surface area contributed by atoms with E-state index in [0.29, 0.717) is 46.2 Å². The number of carbonyl (C=O) groups excluding carboxylic acids is 2. The molecule has 11 heteroatoms. The Kier molecular flexibility index (Phi) is 9.37. The van der Waals surface area contributed by atoms with E-state index in [-0.39, 0.29) is 31.2 Å². The number of esters is 1. The monoisotopic (exact) mass is 440 g/mol. The molecular formula is C19H28N4O6S. The lowest BCUT2D eigenvalue weighted by Crippen LogP contribution is -2.36.